The van der Waals surface area contributed by atoms with E-state index in [0.29, 0.717) is 53.9 Å². The molecule has 2 aliphatic heterocycles. The number of benzene rings is 2. The molecule has 0 atom stereocenters. The number of anilines is 3. The van der Waals surface area contributed by atoms with Gasteiger partial charge in [-0.1, -0.05) is 29.8 Å². The smallest absolute Gasteiger partial charge is 0.277 e. The molecule has 3 aliphatic rings. The predicted octanol–water partition coefficient (Wildman–Crippen LogP) is 6.07. The zero-order chi connectivity index (χ0) is 29.9. The number of nitrogens with one attached hydrogen (secondary N) is 1. The van der Waals surface area contributed by atoms with Gasteiger partial charge < -0.3 is 24.4 Å². The van der Waals surface area contributed by atoms with Crippen LogP contribution >= 0.6 is 11.6 Å². The van der Waals surface area contributed by atoms with Crippen LogP contribution in [0.2, 0.25) is 5.02 Å². The first-order valence-corrected chi connectivity index (χ1v) is 15.7. The number of Topliss-reactive ketones (excluding diaryl/α,β-unsaturated/α-hetero) is 1. The molecule has 3 aromatic rings. The number of hydrogen-bond acceptors (Lipinski definition) is 7. The molecule has 0 spiro atoms. The third-order valence-corrected chi connectivity index (χ3v) is 8.96. The number of ketones is 1. The molecule has 2 aromatic carbocycles. The minimum Gasteiger partial charge on any atom is -0.448 e. The van der Waals surface area contributed by atoms with Gasteiger partial charge in [-0.05, 0) is 62.8 Å². The third-order valence-electron chi connectivity index (χ3n) is 8.64. The third kappa shape index (κ3) is 6.72. The second-order valence-corrected chi connectivity index (χ2v) is 12.2. The van der Waals surface area contributed by atoms with Crippen molar-refractivity contribution in [2.24, 2.45) is 0 Å². The lowest BCUT2D eigenvalue weighted by molar-refractivity contribution is -0.127. The second-order valence-electron chi connectivity index (χ2n) is 11.8. The van der Waals surface area contributed by atoms with Gasteiger partial charge in [-0.2, -0.15) is 0 Å². The molecule has 226 valence electrons. The number of amides is 2. The Balaban J connectivity index is 1.18. The highest BCUT2D eigenvalue weighted by Crippen LogP contribution is 2.39. The summed E-state index contributed by atoms with van der Waals surface area (Å²) >= 11 is 6.74. The number of rotatable bonds is 11. The van der Waals surface area contributed by atoms with E-state index in [9.17, 15) is 14.4 Å². The SMILES string of the molecule is Cc1ccccc1N1CCN(c2cc(Cl)c(C(=O)CCCCN3CCCC3=O)cc2NC(=O)c2coc(C3CC3)n2)CC1. The van der Waals surface area contributed by atoms with E-state index in [1.807, 2.05) is 11.0 Å². The molecule has 3 fully saturated rings. The zero-order valence-electron chi connectivity index (χ0n) is 24.6. The van der Waals surface area contributed by atoms with Gasteiger partial charge in [0.25, 0.3) is 5.91 Å². The Morgan fingerprint density at radius 2 is 1.77 bits per heavy atom. The van der Waals surface area contributed by atoms with Crippen molar-refractivity contribution in [2.75, 3.05) is 54.4 Å². The van der Waals surface area contributed by atoms with Gasteiger partial charge in [0.05, 0.1) is 16.4 Å². The van der Waals surface area contributed by atoms with E-state index in [4.69, 9.17) is 16.0 Å². The number of piperazine rings is 1. The molecule has 1 aromatic heterocycles. The molecule has 10 heteroatoms. The lowest BCUT2D eigenvalue weighted by atomic mass is 10.0. The first kappa shape index (κ1) is 29.2. The van der Waals surface area contributed by atoms with Crippen molar-refractivity contribution in [3.63, 3.8) is 0 Å². The summed E-state index contributed by atoms with van der Waals surface area (Å²) in [5.74, 6) is 0.625. The molecule has 1 N–H and O–H groups in total. The quantitative estimate of drug-likeness (QED) is 0.210. The molecule has 43 heavy (non-hydrogen) atoms. The van der Waals surface area contributed by atoms with Crippen LogP contribution in [-0.4, -0.2) is 66.8 Å². The van der Waals surface area contributed by atoms with Gasteiger partial charge in [-0.15, -0.1) is 0 Å². The van der Waals surface area contributed by atoms with Crippen LogP contribution in [0.4, 0.5) is 17.1 Å². The van der Waals surface area contributed by atoms with Gasteiger partial charge in [0.15, 0.2) is 17.4 Å². The monoisotopic (exact) mass is 603 g/mol. The van der Waals surface area contributed by atoms with Crippen molar-refractivity contribution in [3.8, 4) is 0 Å². The Morgan fingerprint density at radius 3 is 2.47 bits per heavy atom. The highest BCUT2D eigenvalue weighted by atomic mass is 35.5. The Kier molecular flexibility index (Phi) is 8.70. The van der Waals surface area contributed by atoms with Gasteiger partial charge in [-0.25, -0.2) is 4.98 Å². The number of likely N-dealkylation sites (tertiary alicyclic amines) is 1. The molecule has 0 radical (unpaired) electrons. The number of unbranched alkanes of at least 4 members (excludes halogenated alkanes) is 1. The molecule has 0 bridgehead atoms. The van der Waals surface area contributed by atoms with Crippen molar-refractivity contribution < 1.29 is 18.8 Å². The van der Waals surface area contributed by atoms with E-state index < -0.39 is 0 Å². The van der Waals surface area contributed by atoms with Crippen molar-refractivity contribution >= 4 is 46.3 Å². The Morgan fingerprint density at radius 1 is 1.02 bits per heavy atom. The normalized spacial score (nSPS) is 17.1. The molecule has 3 heterocycles. The minimum absolute atomic E-state index is 0.0818. The van der Waals surface area contributed by atoms with Crippen LogP contribution in [0.3, 0.4) is 0 Å². The molecular weight excluding hydrogens is 566 g/mol. The van der Waals surface area contributed by atoms with Crippen molar-refractivity contribution in [2.45, 2.75) is 57.8 Å². The van der Waals surface area contributed by atoms with E-state index in [2.05, 4.69) is 45.2 Å². The van der Waals surface area contributed by atoms with Crippen LogP contribution in [-0.2, 0) is 4.79 Å². The highest BCUT2D eigenvalue weighted by Gasteiger charge is 2.30. The van der Waals surface area contributed by atoms with Gasteiger partial charge in [-0.3, -0.25) is 14.4 Å². The largest absolute Gasteiger partial charge is 0.448 e. The average Bonchev–Trinajstić information content (AvgIpc) is 3.59. The molecule has 1 aliphatic carbocycles. The van der Waals surface area contributed by atoms with Crippen LogP contribution in [0.5, 0.6) is 0 Å². The number of oxazole rings is 1. The molecule has 9 nitrogen and oxygen atoms in total. The summed E-state index contributed by atoms with van der Waals surface area (Å²) in [6.45, 7) is 6.67. The summed E-state index contributed by atoms with van der Waals surface area (Å²) in [4.78, 5) is 49.4. The van der Waals surface area contributed by atoms with E-state index in [0.717, 1.165) is 64.1 Å². The molecule has 2 saturated heterocycles. The lowest BCUT2D eigenvalue weighted by Gasteiger charge is -2.38. The van der Waals surface area contributed by atoms with E-state index in [1.165, 1.54) is 17.5 Å². The van der Waals surface area contributed by atoms with Crippen molar-refractivity contribution in [3.05, 3.63) is 70.4 Å². The van der Waals surface area contributed by atoms with Crippen molar-refractivity contribution in [1.82, 2.24) is 9.88 Å². The average molecular weight is 604 g/mol. The number of aryl methyl sites for hydroxylation is 1. The van der Waals surface area contributed by atoms with Crippen molar-refractivity contribution in [1.29, 1.82) is 0 Å². The number of halogens is 1. The van der Waals surface area contributed by atoms with Crippen LogP contribution < -0.4 is 15.1 Å². The standard InChI is InChI=1S/C33H38ClN5O4/c1-22-7-2-3-8-28(22)37-15-17-38(18-16-37)29-20-25(34)24(30(40)9-4-5-13-39-14-6-10-31(39)41)19-26(29)35-32(42)27-21-43-33(36-27)23-11-12-23/h2-3,7-8,19-21,23H,4-6,9-18H2,1H3,(H,35,42). The van der Waals surface area contributed by atoms with Gasteiger partial charge >= 0.3 is 0 Å². The number of hydrogen-bond donors (Lipinski definition) is 1. The molecule has 2 amide bonds. The number of carbonyl (C=O) groups excluding carboxylic acids is 3. The minimum atomic E-state index is -0.383. The first-order chi connectivity index (χ1) is 20.9. The fraction of sp³-hybridized carbons (Fsp3) is 0.455. The number of carbonyl (C=O) groups is 3. The topological polar surface area (TPSA) is 99.0 Å². The summed E-state index contributed by atoms with van der Waals surface area (Å²) in [6, 6.07) is 11.9. The summed E-state index contributed by atoms with van der Waals surface area (Å²) in [6.07, 6.45) is 6.71. The molecular formula is C33H38ClN5O4. The van der Waals surface area contributed by atoms with Gasteiger partial charge in [0.1, 0.15) is 6.26 Å². The van der Waals surface area contributed by atoms with E-state index in [-0.39, 0.29) is 23.3 Å². The van der Waals surface area contributed by atoms with Crippen LogP contribution in [0, 0.1) is 6.92 Å². The fourth-order valence-electron chi connectivity index (χ4n) is 6.00. The predicted molar refractivity (Wildman–Crippen MR) is 167 cm³/mol. The fourth-order valence-corrected chi connectivity index (χ4v) is 6.27. The summed E-state index contributed by atoms with van der Waals surface area (Å²) in [7, 11) is 0. The van der Waals surface area contributed by atoms with Crippen LogP contribution in [0.15, 0.2) is 47.1 Å². The second kappa shape index (κ2) is 12.8. The summed E-state index contributed by atoms with van der Waals surface area (Å²) in [5, 5.41) is 3.38. The van der Waals surface area contributed by atoms with E-state index in [1.54, 1.807) is 12.1 Å². The maximum atomic E-state index is 13.3. The molecule has 1 saturated carbocycles. The lowest BCUT2D eigenvalue weighted by Crippen LogP contribution is -2.47. The maximum Gasteiger partial charge on any atom is 0.277 e. The van der Waals surface area contributed by atoms with E-state index >= 15 is 0 Å². The molecule has 6 rings (SSSR count). The summed E-state index contributed by atoms with van der Waals surface area (Å²) in [5.41, 5.74) is 4.37. The number of para-hydroxylation sites is 1. The Bertz CT molecular complexity index is 1510. The van der Waals surface area contributed by atoms with Crippen LogP contribution in [0.1, 0.15) is 83.2 Å². The zero-order valence-corrected chi connectivity index (χ0v) is 25.4. The summed E-state index contributed by atoms with van der Waals surface area (Å²) < 4.78 is 5.55. The van der Waals surface area contributed by atoms with Crippen LogP contribution in [0.25, 0.3) is 0 Å². The number of aromatic nitrogens is 1. The number of nitrogens with zero attached hydrogens (tertiary/aromatic N) is 4. The Labute approximate surface area is 257 Å². The highest BCUT2D eigenvalue weighted by molar-refractivity contribution is 6.34. The first-order valence-electron chi connectivity index (χ1n) is 15.3. The Hall–Kier alpha value is -3.85. The van der Waals surface area contributed by atoms with Gasteiger partial charge in [0.2, 0.25) is 5.91 Å². The maximum absolute atomic E-state index is 13.3. The molecule has 0 unspecified atom stereocenters. The van der Waals surface area contributed by atoms with Gasteiger partial charge in [0, 0.05) is 69.3 Å².